The molecule has 0 radical (unpaired) electrons. The lowest BCUT2D eigenvalue weighted by Crippen LogP contribution is -2.37. The number of rotatable bonds is 5. The highest BCUT2D eigenvalue weighted by Gasteiger charge is 2.17. The number of allylic oxidation sites excluding steroid dienone is 1. The molecule has 0 spiro atoms. The summed E-state index contributed by atoms with van der Waals surface area (Å²) in [5, 5.41) is 8.33. The van der Waals surface area contributed by atoms with Gasteiger partial charge in [-0.25, -0.2) is 0 Å². The van der Waals surface area contributed by atoms with Crippen LogP contribution in [0.3, 0.4) is 0 Å². The molecule has 0 aromatic rings. The minimum absolute atomic E-state index is 0.559. The van der Waals surface area contributed by atoms with Crippen molar-refractivity contribution in [2.45, 2.75) is 25.8 Å². The van der Waals surface area contributed by atoms with E-state index in [1.54, 1.807) is 6.08 Å². The van der Waals surface area contributed by atoms with Gasteiger partial charge in [-0.05, 0) is 12.5 Å². The van der Waals surface area contributed by atoms with Crippen molar-refractivity contribution in [2.75, 3.05) is 0 Å². The number of hydrogen-bond donors (Lipinski definition) is 2. The van der Waals surface area contributed by atoms with Crippen molar-refractivity contribution in [1.82, 2.24) is 0 Å². The van der Waals surface area contributed by atoms with Crippen molar-refractivity contribution in [1.29, 1.82) is 0 Å². The third-order valence-corrected chi connectivity index (χ3v) is 1.31. The number of ketones is 1. The lowest BCUT2D eigenvalue weighted by Gasteiger charge is -1.99. The number of carboxylic acid groups (broad SMARTS) is 1. The summed E-state index contributed by atoms with van der Waals surface area (Å²) >= 11 is 0. The fraction of sp³-hybridized carbons (Fsp3) is 0.500. The Kier molecular flexibility index (Phi) is 4.96. The summed E-state index contributed by atoms with van der Waals surface area (Å²) in [6.45, 7) is 1.96. The predicted molar refractivity (Wildman–Crippen MR) is 44.7 cm³/mol. The fourth-order valence-corrected chi connectivity index (χ4v) is 0.592. The second-order valence-electron chi connectivity index (χ2n) is 2.41. The Morgan fingerprint density at radius 1 is 1.58 bits per heavy atom. The second-order valence-corrected chi connectivity index (χ2v) is 2.41. The second kappa shape index (κ2) is 5.49. The normalized spacial score (nSPS) is 13.2. The van der Waals surface area contributed by atoms with Crippen LogP contribution in [-0.2, 0) is 9.59 Å². The number of aliphatic carboxylic acids is 1. The highest BCUT2D eigenvalue weighted by atomic mass is 16.4. The molecule has 0 saturated heterocycles. The molecule has 0 rings (SSSR count). The van der Waals surface area contributed by atoms with Gasteiger partial charge >= 0.3 is 5.97 Å². The maximum atomic E-state index is 10.9. The number of unbranched alkanes of at least 4 members (excludes halogenated alkanes) is 1. The van der Waals surface area contributed by atoms with E-state index in [1.807, 2.05) is 6.92 Å². The number of carboxylic acids is 1. The van der Waals surface area contributed by atoms with Crippen molar-refractivity contribution in [2.24, 2.45) is 5.73 Å². The van der Waals surface area contributed by atoms with Crippen LogP contribution in [0.2, 0.25) is 0 Å². The standard InChI is InChI=1S/C8H13NO3/c1-2-3-4-5-6(10)7(9)8(11)12/h4-5,7H,2-3,9H2,1H3,(H,11,12). The molecular weight excluding hydrogens is 158 g/mol. The van der Waals surface area contributed by atoms with Crippen molar-refractivity contribution in [3.63, 3.8) is 0 Å². The smallest absolute Gasteiger partial charge is 0.328 e. The lowest BCUT2D eigenvalue weighted by atomic mass is 10.2. The van der Waals surface area contributed by atoms with Gasteiger partial charge in [0.05, 0.1) is 0 Å². The molecule has 0 aliphatic heterocycles. The molecule has 0 aliphatic rings. The zero-order chi connectivity index (χ0) is 9.56. The third kappa shape index (κ3) is 3.88. The topological polar surface area (TPSA) is 80.4 Å². The molecule has 0 amide bonds. The van der Waals surface area contributed by atoms with E-state index in [0.717, 1.165) is 12.8 Å². The molecule has 0 fully saturated rings. The van der Waals surface area contributed by atoms with Crippen LogP contribution in [0.5, 0.6) is 0 Å². The van der Waals surface area contributed by atoms with Crippen molar-refractivity contribution >= 4 is 11.8 Å². The summed E-state index contributed by atoms with van der Waals surface area (Å²) in [5.74, 6) is -1.85. The Labute approximate surface area is 71.1 Å². The molecule has 0 aromatic carbocycles. The van der Waals surface area contributed by atoms with Gasteiger partial charge in [-0.15, -0.1) is 0 Å². The molecule has 0 saturated carbocycles. The molecule has 3 N–H and O–H groups in total. The van der Waals surface area contributed by atoms with E-state index in [2.05, 4.69) is 0 Å². The molecule has 12 heavy (non-hydrogen) atoms. The van der Waals surface area contributed by atoms with E-state index in [4.69, 9.17) is 10.8 Å². The molecule has 0 aromatic heterocycles. The average Bonchev–Trinajstić information content (AvgIpc) is 2.03. The first-order valence-electron chi connectivity index (χ1n) is 3.78. The van der Waals surface area contributed by atoms with E-state index in [1.165, 1.54) is 6.08 Å². The van der Waals surface area contributed by atoms with Gasteiger partial charge in [-0.1, -0.05) is 19.4 Å². The van der Waals surface area contributed by atoms with Gasteiger partial charge in [0.25, 0.3) is 0 Å². The first-order chi connectivity index (χ1) is 5.59. The minimum atomic E-state index is -1.42. The van der Waals surface area contributed by atoms with E-state index < -0.39 is 17.8 Å². The zero-order valence-electron chi connectivity index (χ0n) is 6.99. The molecule has 0 aliphatic carbocycles. The summed E-state index contributed by atoms with van der Waals surface area (Å²) in [6, 6.07) is -1.42. The monoisotopic (exact) mass is 171 g/mol. The summed E-state index contributed by atoms with van der Waals surface area (Å²) < 4.78 is 0. The van der Waals surface area contributed by atoms with E-state index in [-0.39, 0.29) is 0 Å². The molecule has 0 bridgehead atoms. The van der Waals surface area contributed by atoms with Gasteiger partial charge in [0.2, 0.25) is 0 Å². The van der Waals surface area contributed by atoms with E-state index in [0.29, 0.717) is 0 Å². The number of carbonyl (C=O) groups excluding carboxylic acids is 1. The summed E-state index contributed by atoms with van der Waals surface area (Å²) in [7, 11) is 0. The maximum Gasteiger partial charge on any atom is 0.328 e. The number of nitrogens with two attached hydrogens (primary N) is 1. The average molecular weight is 171 g/mol. The van der Waals surface area contributed by atoms with Crippen LogP contribution < -0.4 is 5.73 Å². The van der Waals surface area contributed by atoms with E-state index in [9.17, 15) is 9.59 Å². The minimum Gasteiger partial charge on any atom is -0.480 e. The summed E-state index contributed by atoms with van der Waals surface area (Å²) in [4.78, 5) is 21.1. The molecular formula is C8H13NO3. The van der Waals surface area contributed by atoms with Gasteiger partial charge < -0.3 is 10.8 Å². The van der Waals surface area contributed by atoms with Gasteiger partial charge in [0.1, 0.15) is 0 Å². The number of hydrogen-bond acceptors (Lipinski definition) is 3. The Balaban J connectivity index is 3.95. The van der Waals surface area contributed by atoms with Crippen molar-refractivity contribution in [3.8, 4) is 0 Å². The van der Waals surface area contributed by atoms with Crippen LogP contribution in [0.15, 0.2) is 12.2 Å². The Morgan fingerprint density at radius 2 is 2.17 bits per heavy atom. The Morgan fingerprint density at radius 3 is 2.58 bits per heavy atom. The quantitative estimate of drug-likeness (QED) is 0.461. The van der Waals surface area contributed by atoms with Crippen LogP contribution >= 0.6 is 0 Å². The zero-order valence-corrected chi connectivity index (χ0v) is 6.99. The molecule has 0 heterocycles. The molecule has 4 heteroatoms. The first-order valence-corrected chi connectivity index (χ1v) is 3.78. The maximum absolute atomic E-state index is 10.9. The highest BCUT2D eigenvalue weighted by molar-refractivity contribution is 6.07. The van der Waals surface area contributed by atoms with Crippen LogP contribution in [0, 0.1) is 0 Å². The Hall–Kier alpha value is -1.16. The van der Waals surface area contributed by atoms with Crippen LogP contribution in [-0.4, -0.2) is 22.9 Å². The fourth-order valence-electron chi connectivity index (χ4n) is 0.592. The van der Waals surface area contributed by atoms with Gasteiger partial charge in [-0.3, -0.25) is 9.59 Å². The molecule has 1 atom stereocenters. The summed E-state index contributed by atoms with van der Waals surface area (Å²) in [5.41, 5.74) is 5.04. The van der Waals surface area contributed by atoms with E-state index >= 15 is 0 Å². The van der Waals surface area contributed by atoms with Crippen LogP contribution in [0.1, 0.15) is 19.8 Å². The molecule has 4 nitrogen and oxygen atoms in total. The van der Waals surface area contributed by atoms with Gasteiger partial charge in [0, 0.05) is 0 Å². The lowest BCUT2D eigenvalue weighted by molar-refractivity contribution is -0.141. The van der Waals surface area contributed by atoms with Gasteiger partial charge in [-0.2, -0.15) is 0 Å². The van der Waals surface area contributed by atoms with Crippen molar-refractivity contribution in [3.05, 3.63) is 12.2 Å². The SMILES string of the molecule is CCCC=CC(=O)C(N)C(=O)O. The molecule has 68 valence electrons. The predicted octanol–water partition coefficient (Wildman–Crippen LogP) is 0.324. The largest absolute Gasteiger partial charge is 0.480 e. The highest BCUT2D eigenvalue weighted by Crippen LogP contribution is 1.91. The number of carbonyl (C=O) groups is 2. The third-order valence-electron chi connectivity index (χ3n) is 1.31. The van der Waals surface area contributed by atoms with Crippen LogP contribution in [0.4, 0.5) is 0 Å². The van der Waals surface area contributed by atoms with Crippen molar-refractivity contribution < 1.29 is 14.7 Å². The summed E-state index contributed by atoms with van der Waals surface area (Å²) in [6.07, 6.45) is 4.54. The first kappa shape index (κ1) is 10.8. The van der Waals surface area contributed by atoms with Crippen LogP contribution in [0.25, 0.3) is 0 Å². The van der Waals surface area contributed by atoms with Gasteiger partial charge in [0.15, 0.2) is 11.8 Å². The Bertz CT molecular complexity index is 198. The molecule has 1 unspecified atom stereocenters.